The third-order valence-electron chi connectivity index (χ3n) is 1.37. The Kier molecular flexibility index (Phi) is 2.12. The van der Waals surface area contributed by atoms with Crippen molar-refractivity contribution in [2.45, 2.75) is 6.92 Å². The van der Waals surface area contributed by atoms with Crippen molar-refractivity contribution in [1.29, 1.82) is 0 Å². The smallest absolute Gasteiger partial charge is 0.422 e. The van der Waals surface area contributed by atoms with Crippen LogP contribution >= 0.6 is 0 Å². The summed E-state index contributed by atoms with van der Waals surface area (Å²) in [6.07, 6.45) is 0. The topological polar surface area (TPSA) is 73.3 Å². The van der Waals surface area contributed by atoms with Gasteiger partial charge in [-0.2, -0.15) is 0 Å². The number of aromatic amines is 1. The number of aromatic nitrogens is 1. The van der Waals surface area contributed by atoms with Gasteiger partial charge in [-0.25, -0.2) is 0 Å². The van der Waals surface area contributed by atoms with Crippen molar-refractivity contribution in [3.63, 3.8) is 0 Å². The quantitative estimate of drug-likeness (QED) is 0.372. The Labute approximate surface area is 64.0 Å². The lowest BCUT2D eigenvalue weighted by atomic mass is 9.87. The fraction of sp³-hybridized carbons (Fsp3) is 0.167. The normalized spacial score (nSPS) is 9.73. The van der Waals surface area contributed by atoms with Crippen LogP contribution in [0.2, 0.25) is 0 Å². The maximum absolute atomic E-state index is 10.7. The van der Waals surface area contributed by atoms with E-state index in [0.717, 1.165) is 0 Å². The number of H-pyrrole nitrogens is 1. The summed E-state index contributed by atoms with van der Waals surface area (Å²) in [4.78, 5) is 13.2. The molecule has 5 heteroatoms. The molecule has 0 saturated heterocycles. The van der Waals surface area contributed by atoms with E-state index in [2.05, 4.69) is 4.98 Å². The summed E-state index contributed by atoms with van der Waals surface area (Å²) >= 11 is 0. The predicted octanol–water partition coefficient (Wildman–Crippen LogP) is -1.10. The standard InChI is InChI=1S/C6H8BNO3/c1-4(9)5-2-3-6(8-5)7(10)11/h2-3,8,10-11H,1H3. The van der Waals surface area contributed by atoms with E-state index in [0.29, 0.717) is 5.69 Å². The lowest BCUT2D eigenvalue weighted by molar-refractivity contribution is 0.101. The minimum absolute atomic E-state index is 0.128. The molecule has 0 aromatic carbocycles. The fourth-order valence-electron chi connectivity index (χ4n) is 0.768. The van der Waals surface area contributed by atoms with Gasteiger partial charge in [0.2, 0.25) is 0 Å². The summed E-state index contributed by atoms with van der Waals surface area (Å²) in [5.74, 6) is -0.128. The van der Waals surface area contributed by atoms with Crippen LogP contribution in [0.25, 0.3) is 0 Å². The molecule has 0 fully saturated rings. The average molecular weight is 153 g/mol. The molecule has 1 aromatic heterocycles. The molecule has 0 atom stereocenters. The van der Waals surface area contributed by atoms with Gasteiger partial charge >= 0.3 is 7.12 Å². The van der Waals surface area contributed by atoms with Crippen molar-refractivity contribution in [2.24, 2.45) is 0 Å². The van der Waals surface area contributed by atoms with E-state index in [-0.39, 0.29) is 11.4 Å². The van der Waals surface area contributed by atoms with Gasteiger partial charge in [-0.1, -0.05) is 0 Å². The van der Waals surface area contributed by atoms with Crippen LogP contribution in [0.1, 0.15) is 17.4 Å². The minimum Gasteiger partial charge on any atom is -0.422 e. The summed E-state index contributed by atoms with van der Waals surface area (Å²) in [5, 5.41) is 17.3. The van der Waals surface area contributed by atoms with Gasteiger partial charge in [0.15, 0.2) is 5.78 Å². The highest BCUT2D eigenvalue weighted by Gasteiger charge is 2.13. The van der Waals surface area contributed by atoms with Crippen molar-refractivity contribution in [3.05, 3.63) is 17.8 Å². The molecule has 0 unspecified atom stereocenters. The summed E-state index contributed by atoms with van der Waals surface area (Å²) in [5.41, 5.74) is 0.614. The van der Waals surface area contributed by atoms with Crippen molar-refractivity contribution in [1.82, 2.24) is 4.98 Å². The van der Waals surface area contributed by atoms with E-state index >= 15 is 0 Å². The van der Waals surface area contributed by atoms with E-state index in [1.807, 2.05) is 0 Å². The zero-order valence-corrected chi connectivity index (χ0v) is 6.03. The fourth-order valence-corrected chi connectivity index (χ4v) is 0.768. The van der Waals surface area contributed by atoms with E-state index in [4.69, 9.17) is 10.0 Å². The number of nitrogens with one attached hydrogen (secondary N) is 1. The van der Waals surface area contributed by atoms with Gasteiger partial charge in [-0.3, -0.25) is 4.79 Å². The lowest BCUT2D eigenvalue weighted by Gasteiger charge is -1.91. The molecule has 11 heavy (non-hydrogen) atoms. The van der Waals surface area contributed by atoms with Crippen molar-refractivity contribution in [3.8, 4) is 0 Å². The number of rotatable bonds is 2. The molecule has 58 valence electrons. The van der Waals surface area contributed by atoms with Crippen LogP contribution in [0.5, 0.6) is 0 Å². The molecular formula is C6H8BNO3. The first-order valence-corrected chi connectivity index (χ1v) is 3.17. The Balaban J connectivity index is 2.90. The Bertz CT molecular complexity index is 269. The Hall–Kier alpha value is -1.07. The van der Waals surface area contributed by atoms with Gasteiger partial charge < -0.3 is 15.0 Å². The van der Waals surface area contributed by atoms with Crippen molar-refractivity contribution >= 4 is 18.5 Å². The van der Waals surface area contributed by atoms with Crippen LogP contribution < -0.4 is 5.59 Å². The zero-order chi connectivity index (χ0) is 8.43. The molecule has 0 aliphatic carbocycles. The molecule has 1 aromatic rings. The number of Topliss-reactive ketones (excluding diaryl/α,β-unsaturated/α-hetero) is 1. The molecule has 0 spiro atoms. The highest BCUT2D eigenvalue weighted by Crippen LogP contribution is 1.93. The predicted molar refractivity (Wildman–Crippen MR) is 40.6 cm³/mol. The van der Waals surface area contributed by atoms with Gasteiger partial charge in [0.25, 0.3) is 0 Å². The van der Waals surface area contributed by atoms with Gasteiger partial charge in [0.1, 0.15) is 0 Å². The molecule has 1 heterocycles. The minimum atomic E-state index is -1.54. The van der Waals surface area contributed by atoms with Crippen LogP contribution in [0.15, 0.2) is 12.1 Å². The largest absolute Gasteiger partial charge is 0.505 e. The highest BCUT2D eigenvalue weighted by atomic mass is 16.4. The molecule has 0 radical (unpaired) electrons. The molecule has 0 aliphatic heterocycles. The maximum atomic E-state index is 10.7. The first-order chi connectivity index (χ1) is 5.11. The van der Waals surface area contributed by atoms with Crippen LogP contribution in [-0.2, 0) is 0 Å². The molecule has 0 saturated carbocycles. The Morgan fingerprint density at radius 2 is 2.18 bits per heavy atom. The zero-order valence-electron chi connectivity index (χ0n) is 6.03. The number of hydrogen-bond donors (Lipinski definition) is 3. The Morgan fingerprint density at radius 3 is 2.45 bits per heavy atom. The summed E-state index contributed by atoms with van der Waals surface area (Å²) in [7, 11) is -1.54. The van der Waals surface area contributed by atoms with E-state index in [9.17, 15) is 4.79 Å². The van der Waals surface area contributed by atoms with E-state index in [1.54, 1.807) is 0 Å². The maximum Gasteiger partial charge on any atom is 0.505 e. The highest BCUT2D eigenvalue weighted by molar-refractivity contribution is 6.57. The number of hydrogen-bond acceptors (Lipinski definition) is 3. The van der Waals surface area contributed by atoms with Crippen LogP contribution in [0, 0.1) is 0 Å². The summed E-state index contributed by atoms with van der Waals surface area (Å²) < 4.78 is 0. The third kappa shape index (κ3) is 1.69. The van der Waals surface area contributed by atoms with Crippen LogP contribution in [0.4, 0.5) is 0 Å². The third-order valence-corrected chi connectivity index (χ3v) is 1.37. The van der Waals surface area contributed by atoms with Gasteiger partial charge in [0, 0.05) is 12.5 Å². The summed E-state index contributed by atoms with van der Waals surface area (Å²) in [6, 6.07) is 2.97. The second-order valence-corrected chi connectivity index (χ2v) is 2.26. The van der Waals surface area contributed by atoms with Crippen LogP contribution in [-0.4, -0.2) is 27.9 Å². The molecule has 3 N–H and O–H groups in total. The molecule has 0 aliphatic rings. The SMILES string of the molecule is CC(=O)c1ccc(B(O)O)[nH]1. The molecule has 0 amide bonds. The second kappa shape index (κ2) is 2.90. The monoisotopic (exact) mass is 153 g/mol. The second-order valence-electron chi connectivity index (χ2n) is 2.26. The van der Waals surface area contributed by atoms with Gasteiger partial charge in [-0.15, -0.1) is 0 Å². The lowest BCUT2D eigenvalue weighted by Crippen LogP contribution is -2.31. The van der Waals surface area contributed by atoms with Crippen molar-refractivity contribution < 1.29 is 14.8 Å². The first-order valence-electron chi connectivity index (χ1n) is 3.17. The summed E-state index contributed by atoms with van der Waals surface area (Å²) in [6.45, 7) is 1.40. The average Bonchev–Trinajstić information content (AvgIpc) is 2.33. The molecule has 4 nitrogen and oxygen atoms in total. The number of ketones is 1. The number of carbonyl (C=O) groups excluding carboxylic acids is 1. The van der Waals surface area contributed by atoms with Gasteiger partial charge in [0.05, 0.1) is 5.69 Å². The molecule has 0 bridgehead atoms. The van der Waals surface area contributed by atoms with E-state index in [1.165, 1.54) is 19.1 Å². The van der Waals surface area contributed by atoms with Crippen molar-refractivity contribution in [2.75, 3.05) is 0 Å². The first kappa shape index (κ1) is 8.04. The van der Waals surface area contributed by atoms with E-state index < -0.39 is 7.12 Å². The number of carbonyl (C=O) groups is 1. The van der Waals surface area contributed by atoms with Gasteiger partial charge in [-0.05, 0) is 12.1 Å². The Morgan fingerprint density at radius 1 is 1.55 bits per heavy atom. The van der Waals surface area contributed by atoms with Crippen LogP contribution in [0.3, 0.4) is 0 Å². The molecular weight excluding hydrogens is 145 g/mol. The molecule has 1 rings (SSSR count).